The minimum atomic E-state index is 0.0161. The number of amides is 1. The minimum absolute atomic E-state index is 0.0161. The van der Waals surface area contributed by atoms with Crippen LogP contribution in [0.25, 0.3) is 0 Å². The molecule has 1 aliphatic carbocycles. The zero-order valence-electron chi connectivity index (χ0n) is 14.7. The number of carbonyl (C=O) groups excluding carboxylic acids is 1. The number of nitrogens with one attached hydrogen (secondary N) is 3. The van der Waals surface area contributed by atoms with Crippen molar-refractivity contribution in [3.8, 4) is 0 Å². The van der Waals surface area contributed by atoms with Crippen LogP contribution in [0.2, 0.25) is 0 Å². The molecule has 24 heavy (non-hydrogen) atoms. The predicted octanol–water partition coefficient (Wildman–Crippen LogP) is 2.42. The molecule has 1 aromatic carbocycles. The molecule has 0 atom stereocenters. The molecule has 0 radical (unpaired) electrons. The topological polar surface area (TPSA) is 65.5 Å². The van der Waals surface area contributed by atoms with Crippen molar-refractivity contribution in [2.45, 2.75) is 32.1 Å². The van der Waals surface area contributed by atoms with Crippen LogP contribution in [0.3, 0.4) is 0 Å². The van der Waals surface area contributed by atoms with E-state index in [-0.39, 0.29) is 17.2 Å². The van der Waals surface area contributed by atoms with Crippen LogP contribution in [0, 0.1) is 5.92 Å². The van der Waals surface area contributed by atoms with Gasteiger partial charge in [0.05, 0.1) is 0 Å². The van der Waals surface area contributed by atoms with E-state index >= 15 is 0 Å². The molecule has 3 N–H and O–H groups in total. The molecule has 0 spiro atoms. The molecule has 0 bridgehead atoms. The largest absolute Gasteiger partial charge is 0.356 e. The van der Waals surface area contributed by atoms with E-state index in [1.165, 1.54) is 18.4 Å². The fraction of sp³-hybridized carbons (Fsp3) is 0.556. The molecule has 1 aromatic rings. The summed E-state index contributed by atoms with van der Waals surface area (Å²) in [6.07, 6.45) is 2.38. The maximum Gasteiger partial charge on any atom is 0.222 e. The normalized spacial score (nSPS) is 16.0. The predicted molar refractivity (Wildman–Crippen MR) is 102 cm³/mol. The molecule has 5 nitrogen and oxygen atoms in total. The van der Waals surface area contributed by atoms with Gasteiger partial charge in [-0.05, 0) is 30.5 Å². The lowest BCUT2D eigenvalue weighted by Gasteiger charge is -2.19. The van der Waals surface area contributed by atoms with E-state index in [9.17, 15) is 4.79 Å². The summed E-state index contributed by atoms with van der Waals surface area (Å²) in [6, 6.07) is 8.53. The van der Waals surface area contributed by atoms with Crippen LogP contribution in [0.15, 0.2) is 33.7 Å². The van der Waals surface area contributed by atoms with Gasteiger partial charge >= 0.3 is 0 Å². The lowest BCUT2D eigenvalue weighted by molar-refractivity contribution is -0.123. The summed E-state index contributed by atoms with van der Waals surface area (Å²) in [5, 5.41) is 9.54. The molecule has 1 amide bonds. The Balaban J connectivity index is 1.77. The van der Waals surface area contributed by atoms with E-state index in [2.05, 4.69) is 61.1 Å². The summed E-state index contributed by atoms with van der Waals surface area (Å²) < 4.78 is 1.12. The standard InChI is InChI=1S/C18H27BrN4O/c1-13(2)16(24)21-9-10-22-17(20-3)23-12-18(7-8-18)14-5-4-6-15(19)11-14/h4-6,11,13H,7-10,12H2,1-3H3,(H,21,24)(H2,20,22,23). The van der Waals surface area contributed by atoms with Crippen molar-refractivity contribution in [3.05, 3.63) is 34.3 Å². The van der Waals surface area contributed by atoms with Gasteiger partial charge in [0.25, 0.3) is 0 Å². The van der Waals surface area contributed by atoms with Crippen molar-refractivity contribution in [1.29, 1.82) is 0 Å². The first-order chi connectivity index (χ1) is 11.5. The minimum Gasteiger partial charge on any atom is -0.356 e. The highest BCUT2D eigenvalue weighted by atomic mass is 79.9. The zero-order chi connectivity index (χ0) is 17.6. The lowest BCUT2D eigenvalue weighted by Crippen LogP contribution is -2.44. The number of hydrogen-bond donors (Lipinski definition) is 3. The fourth-order valence-corrected chi connectivity index (χ4v) is 2.98. The molecule has 2 rings (SSSR count). The molecule has 132 valence electrons. The molecule has 0 aromatic heterocycles. The van der Waals surface area contributed by atoms with Gasteiger partial charge in [-0.15, -0.1) is 0 Å². The third-order valence-corrected chi connectivity index (χ3v) is 4.84. The van der Waals surface area contributed by atoms with E-state index in [4.69, 9.17) is 0 Å². The highest BCUT2D eigenvalue weighted by Gasteiger charge is 2.44. The van der Waals surface area contributed by atoms with Gasteiger partial charge in [0.2, 0.25) is 5.91 Å². The van der Waals surface area contributed by atoms with Gasteiger partial charge in [-0.3, -0.25) is 9.79 Å². The molecule has 0 saturated heterocycles. The van der Waals surface area contributed by atoms with E-state index in [0.717, 1.165) is 17.0 Å². The monoisotopic (exact) mass is 394 g/mol. The van der Waals surface area contributed by atoms with Crippen LogP contribution in [0.5, 0.6) is 0 Å². The Morgan fingerprint density at radius 3 is 2.54 bits per heavy atom. The highest BCUT2D eigenvalue weighted by molar-refractivity contribution is 9.10. The first kappa shape index (κ1) is 18.8. The molecular formula is C18H27BrN4O. The number of halogens is 1. The number of hydrogen-bond acceptors (Lipinski definition) is 2. The fourth-order valence-electron chi connectivity index (χ4n) is 2.58. The summed E-state index contributed by atoms with van der Waals surface area (Å²) in [5.41, 5.74) is 1.58. The van der Waals surface area contributed by atoms with Gasteiger partial charge in [0.1, 0.15) is 0 Å². The SMILES string of the molecule is CN=C(NCCNC(=O)C(C)C)NCC1(c2cccc(Br)c2)CC1. The molecular weight excluding hydrogens is 368 g/mol. The molecule has 0 unspecified atom stereocenters. The number of guanidine groups is 1. The highest BCUT2D eigenvalue weighted by Crippen LogP contribution is 2.48. The molecule has 0 heterocycles. The number of carbonyl (C=O) groups is 1. The third-order valence-electron chi connectivity index (χ3n) is 4.35. The lowest BCUT2D eigenvalue weighted by atomic mass is 9.96. The summed E-state index contributed by atoms with van der Waals surface area (Å²) in [5.74, 6) is 0.865. The van der Waals surface area contributed by atoms with Crippen molar-refractivity contribution in [1.82, 2.24) is 16.0 Å². The van der Waals surface area contributed by atoms with Crippen molar-refractivity contribution in [2.24, 2.45) is 10.9 Å². The summed E-state index contributed by atoms with van der Waals surface area (Å²) in [7, 11) is 1.76. The Morgan fingerprint density at radius 2 is 1.96 bits per heavy atom. The van der Waals surface area contributed by atoms with Crippen molar-refractivity contribution < 1.29 is 4.79 Å². The number of nitrogens with zero attached hydrogens (tertiary/aromatic N) is 1. The van der Waals surface area contributed by atoms with Crippen LogP contribution in [0.4, 0.5) is 0 Å². The average molecular weight is 395 g/mol. The molecule has 1 saturated carbocycles. The van der Waals surface area contributed by atoms with E-state index in [0.29, 0.717) is 13.1 Å². The Bertz CT molecular complexity index is 596. The Morgan fingerprint density at radius 1 is 1.25 bits per heavy atom. The van der Waals surface area contributed by atoms with Gasteiger partial charge in [0.15, 0.2) is 5.96 Å². The molecule has 1 fully saturated rings. The van der Waals surface area contributed by atoms with Gasteiger partial charge in [-0.1, -0.05) is 41.9 Å². The van der Waals surface area contributed by atoms with E-state index in [1.807, 2.05) is 13.8 Å². The van der Waals surface area contributed by atoms with Gasteiger partial charge < -0.3 is 16.0 Å². The van der Waals surface area contributed by atoms with Gasteiger partial charge in [-0.25, -0.2) is 0 Å². The third kappa shape index (κ3) is 5.23. The van der Waals surface area contributed by atoms with Crippen LogP contribution < -0.4 is 16.0 Å². The van der Waals surface area contributed by atoms with Crippen molar-refractivity contribution in [2.75, 3.05) is 26.7 Å². The quantitative estimate of drug-likeness (QED) is 0.378. The van der Waals surface area contributed by atoms with E-state index in [1.54, 1.807) is 7.05 Å². The zero-order valence-corrected chi connectivity index (χ0v) is 16.2. The molecule has 0 aliphatic heterocycles. The second-order valence-corrected chi connectivity index (χ2v) is 7.50. The van der Waals surface area contributed by atoms with Crippen molar-refractivity contribution >= 4 is 27.8 Å². The summed E-state index contributed by atoms with van der Waals surface area (Å²) in [4.78, 5) is 15.8. The first-order valence-corrected chi connectivity index (χ1v) is 9.24. The second-order valence-electron chi connectivity index (χ2n) is 6.59. The molecule has 1 aliphatic rings. The number of rotatable bonds is 7. The summed E-state index contributed by atoms with van der Waals surface area (Å²) >= 11 is 3.55. The van der Waals surface area contributed by atoms with Crippen LogP contribution in [-0.2, 0) is 10.2 Å². The Labute approximate surface area is 152 Å². The molecule has 6 heteroatoms. The summed E-state index contributed by atoms with van der Waals surface area (Å²) in [6.45, 7) is 5.89. The van der Waals surface area contributed by atoms with Gasteiger partial charge in [0, 0.05) is 42.5 Å². The smallest absolute Gasteiger partial charge is 0.222 e. The van der Waals surface area contributed by atoms with Crippen LogP contribution in [-0.4, -0.2) is 38.5 Å². The van der Waals surface area contributed by atoms with E-state index < -0.39 is 0 Å². The Kier molecular flexibility index (Phi) is 6.66. The van der Waals surface area contributed by atoms with Crippen molar-refractivity contribution in [3.63, 3.8) is 0 Å². The van der Waals surface area contributed by atoms with Gasteiger partial charge in [-0.2, -0.15) is 0 Å². The first-order valence-electron chi connectivity index (χ1n) is 8.45. The number of benzene rings is 1. The maximum absolute atomic E-state index is 11.5. The van der Waals surface area contributed by atoms with Crippen LogP contribution in [0.1, 0.15) is 32.3 Å². The number of aliphatic imine (C=N–C) groups is 1. The Hall–Kier alpha value is -1.56. The second kappa shape index (κ2) is 8.51. The van der Waals surface area contributed by atoms with Crippen LogP contribution >= 0.6 is 15.9 Å². The maximum atomic E-state index is 11.5. The average Bonchev–Trinajstić information content (AvgIpc) is 3.35.